The number of para-hydroxylation sites is 2. The molecule has 1 aromatic heterocycles. The number of hydrazine groups is 1. The lowest BCUT2D eigenvalue weighted by molar-refractivity contribution is -0.123. The summed E-state index contributed by atoms with van der Waals surface area (Å²) < 4.78 is 6.07. The van der Waals surface area contributed by atoms with Gasteiger partial charge in [-0.15, -0.1) is 0 Å². The van der Waals surface area contributed by atoms with Crippen LogP contribution < -0.4 is 31.1 Å². The molecule has 10 nitrogen and oxygen atoms in total. The van der Waals surface area contributed by atoms with E-state index in [2.05, 4.69) is 26.4 Å². The molecular weight excluding hydrogens is 614 g/mol. The van der Waals surface area contributed by atoms with Crippen LogP contribution in [-0.4, -0.2) is 53.6 Å². The number of fused-ring (bicyclic) bond motifs is 2. The van der Waals surface area contributed by atoms with Crippen LogP contribution in [0.15, 0.2) is 109 Å². The Morgan fingerprint density at radius 2 is 1.45 bits per heavy atom. The first-order valence-corrected chi connectivity index (χ1v) is 17.0. The molecule has 1 saturated heterocycles. The fourth-order valence-corrected chi connectivity index (χ4v) is 6.81. The third kappa shape index (κ3) is 7.88. The molecule has 10 heteroatoms. The van der Waals surface area contributed by atoms with Gasteiger partial charge in [-0.2, -0.15) is 0 Å². The average Bonchev–Trinajstić information content (AvgIpc) is 3.63. The van der Waals surface area contributed by atoms with Crippen LogP contribution in [0.3, 0.4) is 0 Å². The summed E-state index contributed by atoms with van der Waals surface area (Å²) >= 11 is 0. The predicted molar refractivity (Wildman–Crippen MR) is 190 cm³/mol. The van der Waals surface area contributed by atoms with Crippen LogP contribution in [0, 0.1) is 5.92 Å². The van der Waals surface area contributed by atoms with Crippen molar-refractivity contribution in [2.24, 2.45) is 5.92 Å². The van der Waals surface area contributed by atoms with E-state index in [4.69, 9.17) is 14.7 Å². The van der Waals surface area contributed by atoms with Crippen molar-refractivity contribution in [3.8, 4) is 17.1 Å². The van der Waals surface area contributed by atoms with E-state index in [0.29, 0.717) is 48.0 Å². The first-order chi connectivity index (χ1) is 24.1. The first-order valence-electron chi connectivity index (χ1n) is 17.0. The molecule has 4 aromatic carbocycles. The number of hydrogen-bond donors (Lipinski definition) is 4. The van der Waals surface area contributed by atoms with Crippen LogP contribution >= 0.6 is 0 Å². The highest BCUT2D eigenvalue weighted by atomic mass is 16.5. The molecule has 250 valence electrons. The van der Waals surface area contributed by atoms with E-state index in [1.807, 2.05) is 109 Å². The van der Waals surface area contributed by atoms with Gasteiger partial charge in [0.25, 0.3) is 5.91 Å². The fraction of sp³-hybridized carbons (Fsp3) is 0.282. The second kappa shape index (κ2) is 15.3. The molecule has 49 heavy (non-hydrogen) atoms. The number of ether oxygens (including phenoxy) is 1. The van der Waals surface area contributed by atoms with Crippen molar-refractivity contribution in [3.05, 3.63) is 120 Å². The van der Waals surface area contributed by atoms with E-state index in [9.17, 15) is 9.59 Å². The maximum absolute atomic E-state index is 13.6. The molecule has 2 heterocycles. The largest absolute Gasteiger partial charge is 0.483 e. The summed E-state index contributed by atoms with van der Waals surface area (Å²) in [6.07, 6.45) is 2.86. The maximum atomic E-state index is 13.6. The lowest BCUT2D eigenvalue weighted by atomic mass is 9.82. The molecule has 0 spiro atoms. The standard InChI is InChI=1S/C39H41N7O3/c47-36(40-22-27-11-3-1-4-12-27)25-46(30-19-20-33-29(21-30)24-42-45-33)39-31-15-7-9-17-34(31)43-38(44-39)32-16-8-10-18-35(32)49-26-37(48)41-23-28-13-5-2-6-14-28/h1-18,29-30,33,42,45H,19-26H2,(H,40,47)(H,41,48). The van der Waals surface area contributed by atoms with E-state index in [1.165, 1.54) is 0 Å². The Morgan fingerprint density at radius 3 is 2.22 bits per heavy atom. The quantitative estimate of drug-likeness (QED) is 0.152. The zero-order chi connectivity index (χ0) is 33.4. The number of benzene rings is 4. The number of nitrogens with one attached hydrogen (secondary N) is 4. The topological polar surface area (TPSA) is 121 Å². The van der Waals surface area contributed by atoms with Crippen molar-refractivity contribution >= 4 is 28.5 Å². The summed E-state index contributed by atoms with van der Waals surface area (Å²) in [5.41, 5.74) is 10.3. The number of nitrogens with zero attached hydrogens (tertiary/aromatic N) is 3. The van der Waals surface area contributed by atoms with Crippen molar-refractivity contribution in [2.75, 3.05) is 24.6 Å². The van der Waals surface area contributed by atoms with E-state index in [1.54, 1.807) is 0 Å². The molecule has 1 aliphatic heterocycles. The maximum Gasteiger partial charge on any atom is 0.258 e. The van der Waals surface area contributed by atoms with Crippen LogP contribution in [0.4, 0.5) is 5.82 Å². The molecular formula is C39H41N7O3. The second-order valence-corrected chi connectivity index (χ2v) is 12.7. The normalized spacial score (nSPS) is 18.4. The summed E-state index contributed by atoms with van der Waals surface area (Å²) in [5.74, 6) is 1.87. The Morgan fingerprint density at radius 1 is 0.776 bits per heavy atom. The van der Waals surface area contributed by atoms with E-state index in [0.717, 1.165) is 47.8 Å². The molecule has 2 fully saturated rings. The van der Waals surface area contributed by atoms with Gasteiger partial charge in [-0.05, 0) is 60.6 Å². The van der Waals surface area contributed by atoms with Crippen molar-refractivity contribution in [2.45, 2.75) is 44.4 Å². The minimum absolute atomic E-state index is 0.0665. The van der Waals surface area contributed by atoms with Crippen molar-refractivity contribution in [1.29, 1.82) is 0 Å². The predicted octanol–water partition coefficient (Wildman–Crippen LogP) is 4.76. The van der Waals surface area contributed by atoms with Gasteiger partial charge in [0.2, 0.25) is 5.91 Å². The van der Waals surface area contributed by atoms with Gasteiger partial charge in [0, 0.05) is 37.1 Å². The molecule has 3 unspecified atom stereocenters. The fourth-order valence-electron chi connectivity index (χ4n) is 6.81. The molecule has 1 aliphatic carbocycles. The van der Waals surface area contributed by atoms with Gasteiger partial charge in [-0.1, -0.05) is 84.9 Å². The number of carbonyl (C=O) groups is 2. The molecule has 1 saturated carbocycles. The number of rotatable bonds is 12. The smallest absolute Gasteiger partial charge is 0.258 e. The molecule has 5 aromatic rings. The number of amides is 2. The molecule has 2 amide bonds. The van der Waals surface area contributed by atoms with Crippen molar-refractivity contribution in [3.63, 3.8) is 0 Å². The van der Waals surface area contributed by atoms with Crippen LogP contribution in [0.2, 0.25) is 0 Å². The molecule has 4 N–H and O–H groups in total. The van der Waals surface area contributed by atoms with Crippen LogP contribution in [0.5, 0.6) is 5.75 Å². The molecule has 7 rings (SSSR count). The molecule has 0 bridgehead atoms. The van der Waals surface area contributed by atoms with Crippen LogP contribution in [0.1, 0.15) is 30.4 Å². The van der Waals surface area contributed by atoms with Gasteiger partial charge in [0.1, 0.15) is 11.6 Å². The lowest BCUT2D eigenvalue weighted by Gasteiger charge is -2.39. The number of aromatic nitrogens is 2. The summed E-state index contributed by atoms with van der Waals surface area (Å²) in [6.45, 7) is 1.79. The minimum Gasteiger partial charge on any atom is -0.483 e. The third-order valence-electron chi connectivity index (χ3n) is 9.37. The number of hydrogen-bond acceptors (Lipinski definition) is 8. The second-order valence-electron chi connectivity index (χ2n) is 12.7. The highest BCUT2D eigenvalue weighted by molar-refractivity contribution is 5.93. The number of carbonyl (C=O) groups excluding carboxylic acids is 2. The van der Waals surface area contributed by atoms with E-state index >= 15 is 0 Å². The highest BCUT2D eigenvalue weighted by Crippen LogP contribution is 2.36. The van der Waals surface area contributed by atoms with Gasteiger partial charge in [0.05, 0.1) is 17.6 Å². The summed E-state index contributed by atoms with van der Waals surface area (Å²) in [4.78, 5) is 38.7. The Bertz CT molecular complexity index is 1890. The van der Waals surface area contributed by atoms with Gasteiger partial charge in [-0.3, -0.25) is 20.4 Å². The molecule has 0 radical (unpaired) electrons. The minimum atomic E-state index is -0.224. The summed E-state index contributed by atoms with van der Waals surface area (Å²) in [6, 6.07) is 35.7. The van der Waals surface area contributed by atoms with Crippen LogP contribution in [0.25, 0.3) is 22.3 Å². The average molecular weight is 656 g/mol. The Kier molecular flexibility index (Phi) is 10.0. The third-order valence-corrected chi connectivity index (χ3v) is 9.37. The zero-order valence-electron chi connectivity index (χ0n) is 27.3. The Hall–Kier alpha value is -5.32. The summed E-state index contributed by atoms with van der Waals surface area (Å²) in [5, 5.41) is 6.93. The lowest BCUT2D eigenvalue weighted by Crippen LogP contribution is -2.48. The molecule has 2 aliphatic rings. The monoisotopic (exact) mass is 655 g/mol. The van der Waals surface area contributed by atoms with Crippen LogP contribution in [-0.2, 0) is 22.7 Å². The SMILES string of the molecule is O=C(COc1ccccc1-c1nc(N(CC(=O)NCc2ccccc2)C2CCC3NNCC3C2)c2ccccc2n1)NCc1ccccc1. The number of anilines is 1. The van der Waals surface area contributed by atoms with Crippen molar-refractivity contribution < 1.29 is 14.3 Å². The Labute approximate surface area is 286 Å². The van der Waals surface area contributed by atoms with Gasteiger partial charge in [0.15, 0.2) is 12.4 Å². The van der Waals surface area contributed by atoms with E-state index in [-0.39, 0.29) is 31.0 Å². The summed E-state index contributed by atoms with van der Waals surface area (Å²) in [7, 11) is 0. The zero-order valence-corrected chi connectivity index (χ0v) is 27.3. The van der Waals surface area contributed by atoms with Gasteiger partial charge in [-0.25, -0.2) is 9.97 Å². The van der Waals surface area contributed by atoms with Crippen molar-refractivity contribution in [1.82, 2.24) is 31.5 Å². The molecule has 3 atom stereocenters. The Balaban J connectivity index is 1.17. The van der Waals surface area contributed by atoms with Gasteiger partial charge < -0.3 is 20.3 Å². The first kappa shape index (κ1) is 32.2. The van der Waals surface area contributed by atoms with Gasteiger partial charge >= 0.3 is 0 Å². The van der Waals surface area contributed by atoms with E-state index < -0.39 is 0 Å². The highest BCUT2D eigenvalue weighted by Gasteiger charge is 2.37.